The highest BCUT2D eigenvalue weighted by molar-refractivity contribution is 5.71. The summed E-state index contributed by atoms with van der Waals surface area (Å²) in [6.45, 7) is 6.40. The summed E-state index contributed by atoms with van der Waals surface area (Å²) in [5.74, 6) is -0.983. The van der Waals surface area contributed by atoms with E-state index in [0.717, 1.165) is 64.2 Å². The number of allylic oxidation sites excluding steroid dienone is 16. The second-order valence-corrected chi connectivity index (χ2v) is 17.6. The highest BCUT2D eigenvalue weighted by Crippen LogP contribution is 2.16. The average Bonchev–Trinajstić information content (AvgIpc) is 3.30. The summed E-state index contributed by atoms with van der Waals surface area (Å²) in [5.41, 5.74) is 0. The fourth-order valence-corrected chi connectivity index (χ4v) is 7.25. The van der Waals surface area contributed by atoms with E-state index >= 15 is 0 Å². The Kier molecular flexibility index (Phi) is 50.0. The molecule has 0 spiro atoms. The van der Waals surface area contributed by atoms with E-state index in [4.69, 9.17) is 14.2 Å². The Balaban J connectivity index is 4.41. The maximum atomic E-state index is 12.8. The molecule has 0 saturated heterocycles. The summed E-state index contributed by atoms with van der Waals surface area (Å²) < 4.78 is 16.7. The molecule has 1 unspecified atom stereocenters. The molecule has 0 N–H and O–H groups in total. The van der Waals surface area contributed by atoms with Crippen LogP contribution in [0.2, 0.25) is 0 Å². The van der Waals surface area contributed by atoms with E-state index in [1.54, 1.807) is 0 Å². The van der Waals surface area contributed by atoms with Gasteiger partial charge in [-0.3, -0.25) is 14.4 Å². The Morgan fingerprint density at radius 3 is 1.06 bits per heavy atom. The Labute approximate surface area is 400 Å². The van der Waals surface area contributed by atoms with Crippen molar-refractivity contribution in [1.82, 2.24) is 0 Å². The van der Waals surface area contributed by atoms with Gasteiger partial charge < -0.3 is 14.2 Å². The van der Waals surface area contributed by atoms with Crippen molar-refractivity contribution in [3.05, 3.63) is 97.2 Å². The van der Waals surface area contributed by atoms with E-state index in [2.05, 4.69) is 45.1 Å². The number of esters is 3. The Bertz CT molecular complexity index is 1310. The predicted octanol–water partition coefficient (Wildman–Crippen LogP) is 17.8. The molecule has 0 heterocycles. The summed E-state index contributed by atoms with van der Waals surface area (Å²) in [7, 11) is 0. The Morgan fingerprint density at radius 2 is 0.631 bits per heavy atom. The first kappa shape index (κ1) is 61.3. The number of hydrogen-bond acceptors (Lipinski definition) is 6. The molecule has 0 aliphatic heterocycles. The van der Waals surface area contributed by atoms with Gasteiger partial charge in [0.05, 0.1) is 0 Å². The van der Waals surface area contributed by atoms with Crippen molar-refractivity contribution in [2.24, 2.45) is 0 Å². The summed E-state index contributed by atoms with van der Waals surface area (Å²) in [6.07, 6.45) is 69.8. The van der Waals surface area contributed by atoms with Crippen LogP contribution in [0.3, 0.4) is 0 Å². The molecule has 6 heteroatoms. The monoisotopic (exact) mass is 903 g/mol. The molecule has 0 amide bonds. The molecule has 65 heavy (non-hydrogen) atoms. The number of hydrogen-bond donors (Lipinski definition) is 0. The summed E-state index contributed by atoms with van der Waals surface area (Å²) >= 11 is 0. The van der Waals surface area contributed by atoms with Crippen LogP contribution in [0.1, 0.15) is 239 Å². The van der Waals surface area contributed by atoms with E-state index in [1.165, 1.54) is 128 Å². The summed E-state index contributed by atoms with van der Waals surface area (Å²) in [6, 6.07) is 0. The van der Waals surface area contributed by atoms with Crippen LogP contribution < -0.4 is 0 Å². The van der Waals surface area contributed by atoms with Gasteiger partial charge in [0.1, 0.15) is 13.2 Å². The summed E-state index contributed by atoms with van der Waals surface area (Å²) in [5, 5.41) is 0. The molecular formula is C59H98O6. The number of carbonyl (C=O) groups excluding carboxylic acids is 3. The largest absolute Gasteiger partial charge is 0.462 e. The number of rotatable bonds is 47. The zero-order valence-corrected chi connectivity index (χ0v) is 42.2. The maximum absolute atomic E-state index is 12.8. The average molecular weight is 903 g/mol. The lowest BCUT2D eigenvalue weighted by atomic mass is 10.0. The number of unbranched alkanes of at least 4 members (excludes halogenated alkanes) is 26. The van der Waals surface area contributed by atoms with Gasteiger partial charge in [-0.25, -0.2) is 0 Å². The lowest BCUT2D eigenvalue weighted by molar-refractivity contribution is -0.167. The fraction of sp³-hybridized carbons (Fsp3) is 0.678. The smallest absolute Gasteiger partial charge is 0.306 e. The van der Waals surface area contributed by atoms with E-state index in [9.17, 15) is 14.4 Å². The molecule has 0 bridgehead atoms. The molecule has 370 valence electrons. The molecule has 0 aromatic rings. The van der Waals surface area contributed by atoms with Crippen molar-refractivity contribution in [1.29, 1.82) is 0 Å². The van der Waals surface area contributed by atoms with Gasteiger partial charge >= 0.3 is 17.9 Å². The number of carbonyl (C=O) groups is 3. The van der Waals surface area contributed by atoms with Crippen molar-refractivity contribution in [3.63, 3.8) is 0 Å². The third-order valence-electron chi connectivity index (χ3n) is 11.3. The molecule has 0 aliphatic rings. The van der Waals surface area contributed by atoms with Crippen molar-refractivity contribution >= 4 is 17.9 Å². The number of ether oxygens (including phenoxy) is 3. The molecule has 1 atom stereocenters. The van der Waals surface area contributed by atoms with Crippen molar-refractivity contribution in [2.45, 2.75) is 245 Å². The first-order valence-corrected chi connectivity index (χ1v) is 26.8. The second kappa shape index (κ2) is 52.9. The maximum Gasteiger partial charge on any atom is 0.306 e. The van der Waals surface area contributed by atoms with Gasteiger partial charge in [-0.15, -0.1) is 0 Å². The summed E-state index contributed by atoms with van der Waals surface area (Å²) in [4.78, 5) is 37.9. The van der Waals surface area contributed by atoms with Crippen LogP contribution >= 0.6 is 0 Å². The molecule has 0 saturated carbocycles. The van der Waals surface area contributed by atoms with Crippen LogP contribution in [-0.4, -0.2) is 37.2 Å². The molecule has 0 fully saturated rings. The predicted molar refractivity (Wildman–Crippen MR) is 279 cm³/mol. The van der Waals surface area contributed by atoms with Crippen LogP contribution in [0, 0.1) is 0 Å². The third-order valence-corrected chi connectivity index (χ3v) is 11.3. The van der Waals surface area contributed by atoms with Crippen LogP contribution in [0.5, 0.6) is 0 Å². The van der Waals surface area contributed by atoms with Crippen molar-refractivity contribution in [3.8, 4) is 0 Å². The Hall–Kier alpha value is -3.67. The zero-order valence-electron chi connectivity index (χ0n) is 42.2. The minimum atomic E-state index is -0.806. The van der Waals surface area contributed by atoms with Crippen molar-refractivity contribution < 1.29 is 28.6 Å². The lowest BCUT2D eigenvalue weighted by Crippen LogP contribution is -2.30. The topological polar surface area (TPSA) is 78.9 Å². The van der Waals surface area contributed by atoms with Gasteiger partial charge in [0, 0.05) is 19.3 Å². The zero-order chi connectivity index (χ0) is 47.2. The van der Waals surface area contributed by atoms with Gasteiger partial charge in [0.25, 0.3) is 0 Å². The SMILES string of the molecule is CC\C=C/C=C\C=C/C=C\C=C\C=C/C=C\CCCCCC(=O)OCC(COC(=O)CCC/C=C\CCCCCC)OC(=O)CCCCCCCCCCCCCCCCCCCCC. The molecule has 0 aliphatic carbocycles. The fourth-order valence-electron chi connectivity index (χ4n) is 7.25. The first-order chi connectivity index (χ1) is 32.0. The van der Waals surface area contributed by atoms with E-state index in [1.807, 2.05) is 72.9 Å². The normalized spacial score (nSPS) is 12.8. The highest BCUT2D eigenvalue weighted by atomic mass is 16.6. The van der Waals surface area contributed by atoms with Crippen molar-refractivity contribution in [2.75, 3.05) is 13.2 Å². The first-order valence-electron chi connectivity index (χ1n) is 26.8. The van der Waals surface area contributed by atoms with Gasteiger partial charge in [0.15, 0.2) is 6.10 Å². The van der Waals surface area contributed by atoms with Gasteiger partial charge in [0.2, 0.25) is 0 Å². The molecule has 0 aromatic heterocycles. The Morgan fingerprint density at radius 1 is 0.323 bits per heavy atom. The minimum absolute atomic E-state index is 0.107. The molecular weight excluding hydrogens is 805 g/mol. The van der Waals surface area contributed by atoms with Crippen LogP contribution in [0.15, 0.2) is 97.2 Å². The van der Waals surface area contributed by atoms with Gasteiger partial charge in [-0.2, -0.15) is 0 Å². The van der Waals surface area contributed by atoms with Crippen LogP contribution in [-0.2, 0) is 28.6 Å². The molecule has 0 aromatic carbocycles. The lowest BCUT2D eigenvalue weighted by Gasteiger charge is -2.18. The van der Waals surface area contributed by atoms with E-state index < -0.39 is 6.10 Å². The van der Waals surface area contributed by atoms with E-state index in [0.29, 0.717) is 25.7 Å². The van der Waals surface area contributed by atoms with Gasteiger partial charge in [-0.1, -0.05) is 259 Å². The van der Waals surface area contributed by atoms with E-state index in [-0.39, 0.29) is 31.1 Å². The minimum Gasteiger partial charge on any atom is -0.462 e. The quantitative estimate of drug-likeness (QED) is 0.0199. The highest BCUT2D eigenvalue weighted by Gasteiger charge is 2.19. The van der Waals surface area contributed by atoms with Crippen LogP contribution in [0.4, 0.5) is 0 Å². The second-order valence-electron chi connectivity index (χ2n) is 17.6. The van der Waals surface area contributed by atoms with Gasteiger partial charge in [-0.05, 0) is 57.8 Å². The molecule has 0 radical (unpaired) electrons. The van der Waals surface area contributed by atoms with Crippen LogP contribution in [0.25, 0.3) is 0 Å². The standard InChI is InChI=1S/C59H98O6/c1-4-7-10-13-16-19-21-23-25-27-29-31-33-35-37-40-43-46-49-52-58(61)64-55-56(54-63-57(60)51-48-45-42-39-18-15-12-9-6-3)65-59(62)53-50-47-44-41-38-36-34-32-30-28-26-24-22-20-17-14-11-8-5-2/h7,10,13,16,19,21,23,25,27,29,31,33,35,37,39,42,56H,4-6,8-9,11-12,14-15,17-18,20,22,24,26,28,30,32,34,36,38,40-41,43-55H2,1-3H3/b10-7-,16-13-,21-19-,25-23-,29-27+,33-31-,37-35-,42-39-. The molecule has 0 rings (SSSR count). The molecule has 6 nitrogen and oxygen atoms in total. The third kappa shape index (κ3) is 51.2.